The first kappa shape index (κ1) is 10.8. The number of nitrogens with zero attached hydrogens (tertiary/aromatic N) is 4. The van der Waals surface area contributed by atoms with Crippen molar-refractivity contribution >= 4 is 11.3 Å². The van der Waals surface area contributed by atoms with Crippen LogP contribution in [0.2, 0.25) is 0 Å². The summed E-state index contributed by atoms with van der Waals surface area (Å²) in [6.07, 6.45) is 2.68. The Morgan fingerprint density at radius 3 is 2.06 bits per heavy atom. The second kappa shape index (κ2) is 8.99. The molecule has 0 saturated carbocycles. The molecule has 0 unspecified atom stereocenters. The van der Waals surface area contributed by atoms with Crippen molar-refractivity contribution in [2.24, 2.45) is 0 Å². The summed E-state index contributed by atoms with van der Waals surface area (Å²) in [6, 6.07) is 7.83. The highest BCUT2D eigenvalue weighted by atomic mass is 15.0. The van der Waals surface area contributed by atoms with Crippen LogP contribution >= 0.6 is 0 Å². The molecule has 0 aliphatic carbocycles. The third-order valence-corrected chi connectivity index (χ3v) is 4.98. The van der Waals surface area contributed by atoms with Gasteiger partial charge in [-0.25, -0.2) is 9.97 Å². The fourth-order valence-corrected chi connectivity index (χ4v) is 3.27. The van der Waals surface area contributed by atoms with Crippen molar-refractivity contribution in [3.05, 3.63) is 120 Å². The van der Waals surface area contributed by atoms with Crippen LogP contribution in [0, 0.1) is 27.6 Å². The summed E-state index contributed by atoms with van der Waals surface area (Å²) in [5, 5.41) is 0. The Hall–Kier alpha value is -4.18. The molecule has 0 radical (unpaired) electrons. The number of aryl methyl sites for hydroxylation is 2. The lowest BCUT2D eigenvalue weighted by atomic mass is 10.1. The van der Waals surface area contributed by atoms with Crippen LogP contribution in [-0.2, 0) is 0 Å². The summed E-state index contributed by atoms with van der Waals surface area (Å²) in [6.45, 7) is -1.68. The normalized spacial score (nSPS) is 17.6. The fraction of sp³-hybridized carbons (Fsp3) is 0.133. The second-order valence-corrected chi connectivity index (χ2v) is 7.68. The van der Waals surface area contributed by atoms with E-state index < -0.39 is 90.3 Å². The Bertz CT molecular complexity index is 2180. The summed E-state index contributed by atoms with van der Waals surface area (Å²) in [7, 11) is 0. The number of benzene rings is 2. The lowest BCUT2D eigenvalue weighted by Crippen LogP contribution is -1.82. The zero-order valence-electron chi connectivity index (χ0n) is 32.4. The first-order valence-corrected chi connectivity index (χ1v) is 10.4. The van der Waals surface area contributed by atoms with E-state index in [0.717, 1.165) is 16.9 Å². The molecule has 0 N–H and O–H groups in total. The van der Waals surface area contributed by atoms with E-state index in [9.17, 15) is 0 Å². The molecule has 4 heterocycles. The number of fused-ring (bicyclic) bond motifs is 2. The number of hydrogen-bond donors (Lipinski definition) is 0. The van der Waals surface area contributed by atoms with Gasteiger partial charge in [0.15, 0.2) is 0 Å². The van der Waals surface area contributed by atoms with Gasteiger partial charge in [0.05, 0.1) is 22.4 Å². The zero-order chi connectivity index (χ0) is 35.6. The minimum atomic E-state index is -2.93. The van der Waals surface area contributed by atoms with Gasteiger partial charge in [-0.1, -0.05) is 71.7 Å². The number of imidazole rings is 2. The summed E-state index contributed by atoms with van der Waals surface area (Å²) in [4.78, 5) is 8.56. The van der Waals surface area contributed by atoms with Crippen LogP contribution in [0.25, 0.3) is 33.8 Å². The Balaban J connectivity index is 0.000000221. The number of rotatable bonds is 2. The van der Waals surface area contributed by atoms with Crippen LogP contribution in [0.4, 0.5) is 0 Å². The summed E-state index contributed by atoms with van der Waals surface area (Å²) in [5.41, 5.74) is 2.63. The SMILES string of the molecule is Cc1ccc(-c2cn3cc(C)ccc3n2)cc1.[2H]c1c([2H])c(C([2H])([2H])[2H])c([2H])c([2H])c1-c1nc2c([2H])c([2H])c(C([2H])([2H])[2H])c([2H])n2c1[2H]. The van der Waals surface area contributed by atoms with Gasteiger partial charge in [0, 0.05) is 44.1 Å². The lowest BCUT2D eigenvalue weighted by Gasteiger charge is -1.96. The largest absolute Gasteiger partial charge is 0.306 e. The fourth-order valence-electron chi connectivity index (χ4n) is 3.27. The second-order valence-electron chi connectivity index (χ2n) is 7.68. The van der Waals surface area contributed by atoms with Crippen LogP contribution in [0.1, 0.15) is 41.4 Å². The predicted molar refractivity (Wildman–Crippen MR) is 140 cm³/mol. The molecule has 6 aromatic rings. The minimum absolute atomic E-state index is 0.445. The molecule has 0 spiro atoms. The molecule has 0 saturated heterocycles. The quantitative estimate of drug-likeness (QED) is 0.274. The molecule has 6 rings (SSSR count). The van der Waals surface area contributed by atoms with Crippen molar-refractivity contribution in [1.82, 2.24) is 18.8 Å². The highest BCUT2D eigenvalue weighted by Crippen LogP contribution is 2.21. The maximum absolute atomic E-state index is 8.33. The summed E-state index contributed by atoms with van der Waals surface area (Å²) >= 11 is 0. The third kappa shape index (κ3) is 4.62. The first-order chi connectivity index (χ1) is 22.2. The molecule has 168 valence electrons. The highest BCUT2D eigenvalue weighted by molar-refractivity contribution is 5.64. The van der Waals surface area contributed by atoms with E-state index in [1.54, 1.807) is 0 Å². The maximum Gasteiger partial charge on any atom is 0.137 e. The minimum Gasteiger partial charge on any atom is -0.306 e. The number of pyridine rings is 2. The van der Waals surface area contributed by atoms with Crippen LogP contribution in [0.5, 0.6) is 0 Å². The molecule has 4 aromatic heterocycles. The standard InChI is InChI=1S/2C15H14N2/c2*1-11-3-6-13(7-4-11)14-10-17-9-12(2)5-8-15(17)16-14/h2*3-10H,1-2H3/i1D3,2D3,3D,4D,5D,6D,7D,8D,9D,10D;. The summed E-state index contributed by atoms with van der Waals surface area (Å²) < 4.78 is 112. The number of hydrogen-bond acceptors (Lipinski definition) is 2. The van der Waals surface area contributed by atoms with E-state index in [1.807, 2.05) is 6.07 Å². The molecule has 4 heteroatoms. The molecular weight excluding hydrogens is 416 g/mol. The molecule has 0 bridgehead atoms. The third-order valence-electron chi connectivity index (χ3n) is 4.98. The van der Waals surface area contributed by atoms with E-state index in [-0.39, 0.29) is 0 Å². The molecular formula is C30H28N4. The maximum atomic E-state index is 8.33. The van der Waals surface area contributed by atoms with E-state index in [1.165, 1.54) is 11.1 Å². The highest BCUT2D eigenvalue weighted by Gasteiger charge is 2.05. The average Bonchev–Trinajstić information content (AvgIpc) is 3.55. The zero-order valence-corrected chi connectivity index (χ0v) is 18.4. The van der Waals surface area contributed by atoms with E-state index in [4.69, 9.17) is 19.2 Å². The van der Waals surface area contributed by atoms with Gasteiger partial charge in [0.1, 0.15) is 11.3 Å². The smallest absolute Gasteiger partial charge is 0.137 e. The van der Waals surface area contributed by atoms with Crippen molar-refractivity contribution in [3.63, 3.8) is 0 Å². The predicted octanol–water partition coefficient (Wildman–Crippen LogP) is 7.24. The monoisotopic (exact) mass is 458 g/mol. The van der Waals surface area contributed by atoms with Gasteiger partial charge in [-0.15, -0.1) is 0 Å². The van der Waals surface area contributed by atoms with Gasteiger partial charge in [-0.05, 0) is 50.8 Å². The van der Waals surface area contributed by atoms with Crippen LogP contribution in [0.15, 0.2) is 97.4 Å². The molecule has 0 amide bonds. The summed E-state index contributed by atoms with van der Waals surface area (Å²) in [5.74, 6) is 0. The van der Waals surface area contributed by atoms with Gasteiger partial charge < -0.3 is 8.80 Å². The lowest BCUT2D eigenvalue weighted by molar-refractivity contribution is 1.16. The molecule has 0 fully saturated rings. The van der Waals surface area contributed by atoms with Crippen LogP contribution in [0.3, 0.4) is 0 Å². The topological polar surface area (TPSA) is 34.6 Å². The van der Waals surface area contributed by atoms with E-state index >= 15 is 0 Å². The van der Waals surface area contributed by atoms with Crippen molar-refractivity contribution in [1.29, 1.82) is 0 Å². The van der Waals surface area contributed by atoms with Gasteiger partial charge in [0.2, 0.25) is 0 Å². The van der Waals surface area contributed by atoms with Crippen molar-refractivity contribution in [2.75, 3.05) is 0 Å². The van der Waals surface area contributed by atoms with Gasteiger partial charge in [-0.2, -0.15) is 0 Å². The molecule has 0 aliphatic rings. The average molecular weight is 459 g/mol. The molecule has 2 aromatic carbocycles. The van der Waals surface area contributed by atoms with Crippen molar-refractivity contribution in [2.45, 2.75) is 27.6 Å². The first-order valence-electron chi connectivity index (χ1n) is 17.4. The van der Waals surface area contributed by atoms with Gasteiger partial charge >= 0.3 is 0 Å². The Morgan fingerprint density at radius 1 is 0.588 bits per heavy atom. The molecule has 4 nitrogen and oxygen atoms in total. The number of aromatic nitrogens is 4. The van der Waals surface area contributed by atoms with Crippen molar-refractivity contribution in [3.8, 4) is 22.5 Å². The Labute approximate surface area is 219 Å². The van der Waals surface area contributed by atoms with Gasteiger partial charge in [0.25, 0.3) is 0 Å². The molecule has 0 atom stereocenters. The Kier molecular flexibility index (Phi) is 2.86. The molecule has 34 heavy (non-hydrogen) atoms. The Morgan fingerprint density at radius 2 is 1.29 bits per heavy atom. The van der Waals surface area contributed by atoms with Crippen molar-refractivity contribution < 1.29 is 19.2 Å². The van der Waals surface area contributed by atoms with E-state index in [0.29, 0.717) is 4.40 Å². The molecule has 0 aliphatic heterocycles. The van der Waals surface area contributed by atoms with Gasteiger partial charge in [-0.3, -0.25) is 0 Å². The van der Waals surface area contributed by atoms with E-state index in [2.05, 4.69) is 70.9 Å². The van der Waals surface area contributed by atoms with Crippen LogP contribution in [-0.4, -0.2) is 18.8 Å². The van der Waals surface area contributed by atoms with Crippen LogP contribution < -0.4 is 0 Å².